The predicted octanol–water partition coefficient (Wildman–Crippen LogP) is 17.0. The van der Waals surface area contributed by atoms with Crippen LogP contribution in [0.5, 0.6) is 0 Å². The molecule has 0 saturated carbocycles. The molecule has 0 saturated heterocycles. The summed E-state index contributed by atoms with van der Waals surface area (Å²) in [6, 6.07) is 82.1. The molecule has 296 valence electrons. The zero-order valence-electron chi connectivity index (χ0n) is 34.1. The van der Waals surface area contributed by atoms with Crippen molar-refractivity contribution in [3.8, 4) is 0 Å². The second-order valence-electron chi connectivity index (χ2n) is 15.3. The van der Waals surface area contributed by atoms with E-state index in [1.54, 1.807) is 11.8 Å². The predicted molar refractivity (Wildman–Crippen MR) is 265 cm³/mol. The Morgan fingerprint density at radius 1 is 0.323 bits per heavy atom. The van der Waals surface area contributed by atoms with Gasteiger partial charge in [0.25, 0.3) is 0 Å². The number of fused-ring (bicyclic) bond motifs is 7. The number of furan rings is 1. The van der Waals surface area contributed by atoms with Crippen molar-refractivity contribution >= 4 is 106 Å². The third kappa shape index (κ3) is 6.60. The molecule has 4 nitrogen and oxygen atoms in total. The monoisotopic (exact) mass is 815 g/mol. The van der Waals surface area contributed by atoms with Crippen LogP contribution in [0.4, 0.5) is 51.2 Å². The van der Waals surface area contributed by atoms with Crippen molar-refractivity contribution in [1.82, 2.24) is 0 Å². The Morgan fingerprint density at radius 2 is 0.790 bits per heavy atom. The van der Waals surface area contributed by atoms with Crippen molar-refractivity contribution in [2.24, 2.45) is 0 Å². The molecule has 0 spiro atoms. The van der Waals surface area contributed by atoms with Crippen LogP contribution in [-0.2, 0) is 0 Å². The lowest BCUT2D eigenvalue weighted by atomic mass is 9.98. The molecule has 0 aliphatic rings. The molecule has 0 aliphatic heterocycles. The van der Waals surface area contributed by atoms with Gasteiger partial charge in [-0.1, -0.05) is 115 Å². The maximum Gasteiger partial charge on any atom is 0.143 e. The average Bonchev–Trinajstić information content (AvgIpc) is 3.74. The van der Waals surface area contributed by atoms with Gasteiger partial charge in [0, 0.05) is 71.6 Å². The lowest BCUT2D eigenvalue weighted by Gasteiger charge is -2.30. The van der Waals surface area contributed by atoms with Gasteiger partial charge in [0.05, 0.1) is 11.4 Å². The normalized spacial score (nSPS) is 11.4. The molecule has 0 aliphatic carbocycles. The summed E-state index contributed by atoms with van der Waals surface area (Å²) < 4.78 is 7.05. The van der Waals surface area contributed by atoms with Gasteiger partial charge in [-0.3, -0.25) is 0 Å². The van der Waals surface area contributed by atoms with E-state index in [9.17, 15) is 0 Å². The Morgan fingerprint density at radius 3 is 1.35 bits per heavy atom. The van der Waals surface area contributed by atoms with Gasteiger partial charge < -0.3 is 19.1 Å². The van der Waals surface area contributed by atoms with E-state index in [1.807, 2.05) is 0 Å². The molecule has 62 heavy (non-hydrogen) atoms. The van der Waals surface area contributed by atoms with Crippen LogP contribution in [0.2, 0.25) is 0 Å². The van der Waals surface area contributed by atoms with Gasteiger partial charge in [0.15, 0.2) is 0 Å². The van der Waals surface area contributed by atoms with E-state index in [0.29, 0.717) is 0 Å². The lowest BCUT2D eigenvalue weighted by molar-refractivity contribution is 0.673. The van der Waals surface area contributed by atoms with Crippen LogP contribution >= 0.6 is 11.8 Å². The van der Waals surface area contributed by atoms with Crippen molar-refractivity contribution in [3.05, 3.63) is 231 Å². The molecule has 1 aromatic heterocycles. The van der Waals surface area contributed by atoms with Crippen molar-refractivity contribution in [3.63, 3.8) is 0 Å². The number of hydrogen-bond donors (Lipinski definition) is 0. The number of hydrogen-bond acceptors (Lipinski definition) is 5. The van der Waals surface area contributed by atoms with E-state index in [-0.39, 0.29) is 0 Å². The van der Waals surface area contributed by atoms with Crippen LogP contribution in [0.15, 0.2) is 240 Å². The van der Waals surface area contributed by atoms with Crippen molar-refractivity contribution in [1.29, 1.82) is 0 Å². The highest BCUT2D eigenvalue weighted by molar-refractivity contribution is 7.98. The van der Waals surface area contributed by atoms with Gasteiger partial charge in [-0.25, -0.2) is 0 Å². The summed E-state index contributed by atoms with van der Waals surface area (Å²) in [5.74, 6) is 0. The minimum absolute atomic E-state index is 0.845. The second-order valence-corrected chi connectivity index (χ2v) is 16.2. The first-order valence-electron chi connectivity index (χ1n) is 20.9. The average molecular weight is 816 g/mol. The lowest BCUT2D eigenvalue weighted by Crippen LogP contribution is -2.13. The highest BCUT2D eigenvalue weighted by atomic mass is 32.2. The van der Waals surface area contributed by atoms with E-state index < -0.39 is 0 Å². The van der Waals surface area contributed by atoms with Crippen LogP contribution in [0.25, 0.3) is 43.5 Å². The van der Waals surface area contributed by atoms with Crippen molar-refractivity contribution in [2.75, 3.05) is 21.0 Å². The number of rotatable bonds is 10. The molecule has 0 bridgehead atoms. The molecule has 0 amide bonds. The van der Waals surface area contributed by atoms with Crippen LogP contribution in [0.3, 0.4) is 0 Å². The molecule has 0 atom stereocenters. The van der Waals surface area contributed by atoms with Gasteiger partial charge in [-0.2, -0.15) is 0 Å². The first-order chi connectivity index (χ1) is 30.7. The smallest absolute Gasteiger partial charge is 0.143 e. The molecule has 1 heterocycles. The quantitative estimate of drug-likeness (QED) is 0.128. The molecule has 0 fully saturated rings. The minimum atomic E-state index is 0.845. The summed E-state index contributed by atoms with van der Waals surface area (Å²) in [6.07, 6.45) is 2.12. The maximum absolute atomic E-state index is 7.05. The number of nitrogens with zero attached hydrogens (tertiary/aromatic N) is 3. The van der Waals surface area contributed by atoms with Gasteiger partial charge in [0.2, 0.25) is 0 Å². The summed E-state index contributed by atoms with van der Waals surface area (Å²) in [7, 11) is 0. The van der Waals surface area contributed by atoms with Crippen LogP contribution in [0.1, 0.15) is 0 Å². The van der Waals surface area contributed by atoms with Crippen molar-refractivity contribution in [2.45, 2.75) is 4.90 Å². The largest absolute Gasteiger partial charge is 0.455 e. The highest BCUT2D eigenvalue weighted by Gasteiger charge is 2.24. The topological polar surface area (TPSA) is 22.9 Å². The molecule has 0 unspecified atom stereocenters. The van der Waals surface area contributed by atoms with Crippen molar-refractivity contribution < 1.29 is 4.42 Å². The summed E-state index contributed by atoms with van der Waals surface area (Å²) >= 11 is 1.75. The summed E-state index contributed by atoms with van der Waals surface area (Å²) in [5.41, 5.74) is 11.4. The molecular formula is C57H41N3OS. The number of anilines is 9. The number of para-hydroxylation sites is 5. The number of benzene rings is 10. The van der Waals surface area contributed by atoms with E-state index in [0.717, 1.165) is 94.7 Å². The highest BCUT2D eigenvalue weighted by Crippen LogP contribution is 2.49. The van der Waals surface area contributed by atoms with Gasteiger partial charge in [0.1, 0.15) is 11.2 Å². The fourth-order valence-electron chi connectivity index (χ4n) is 8.92. The third-order valence-electron chi connectivity index (χ3n) is 11.7. The summed E-state index contributed by atoms with van der Waals surface area (Å²) in [5, 5.41) is 6.57. The molecule has 11 aromatic rings. The summed E-state index contributed by atoms with van der Waals surface area (Å²) in [4.78, 5) is 8.29. The van der Waals surface area contributed by atoms with Crippen LogP contribution in [0, 0.1) is 0 Å². The van der Waals surface area contributed by atoms with E-state index in [1.165, 1.54) is 4.90 Å². The Bertz CT molecular complexity index is 3260. The second kappa shape index (κ2) is 16.0. The van der Waals surface area contributed by atoms with E-state index in [2.05, 4.69) is 251 Å². The maximum atomic E-state index is 7.05. The number of thioether (sulfide) groups is 1. The Balaban J connectivity index is 1.20. The van der Waals surface area contributed by atoms with Gasteiger partial charge >= 0.3 is 0 Å². The van der Waals surface area contributed by atoms with Gasteiger partial charge in [-0.05, 0) is 127 Å². The molecule has 11 rings (SSSR count). The third-order valence-corrected chi connectivity index (χ3v) is 12.4. The fourth-order valence-corrected chi connectivity index (χ4v) is 9.37. The van der Waals surface area contributed by atoms with E-state index in [4.69, 9.17) is 4.42 Å². The molecule has 0 N–H and O–H groups in total. The Labute approximate surface area is 365 Å². The Kier molecular flexibility index (Phi) is 9.64. The molecule has 5 heteroatoms. The summed E-state index contributed by atoms with van der Waals surface area (Å²) in [6.45, 7) is 0. The zero-order valence-corrected chi connectivity index (χ0v) is 34.9. The van der Waals surface area contributed by atoms with Crippen LogP contribution in [-0.4, -0.2) is 6.26 Å². The van der Waals surface area contributed by atoms with E-state index >= 15 is 0 Å². The van der Waals surface area contributed by atoms with Crippen LogP contribution < -0.4 is 14.7 Å². The molecule has 10 aromatic carbocycles. The zero-order chi connectivity index (χ0) is 41.4. The standard InChI is InChI=1S/C57H41N3OS/c1-62-47-30-17-29-45(37-47)60(44-27-15-6-16-28-44)53-32-18-31-50-48(53)33-34-51-56-52-38-46(58(40-19-7-2-8-20-40)41-21-9-3-10-22-41)39-54(49(52)35-36-55(56)61-57(50)51)59(42-23-11-4-12-24-42)43-25-13-5-14-26-43/h2-39H,1H3. The molecule has 0 radical (unpaired) electrons. The fraction of sp³-hybridized carbons (Fsp3) is 0.0175. The molecular weight excluding hydrogens is 775 g/mol. The van der Waals surface area contributed by atoms with Gasteiger partial charge in [-0.15, -0.1) is 11.8 Å². The SMILES string of the molecule is CSc1cccc(N(c2ccccc2)c2cccc3c2ccc2c3oc3ccc4c(N(c5ccccc5)c5ccccc5)cc(N(c5ccccc5)c5ccccc5)cc4c32)c1. The Hall–Kier alpha value is -7.73. The first-order valence-corrected chi connectivity index (χ1v) is 22.1. The minimum Gasteiger partial charge on any atom is -0.455 e. The first kappa shape index (κ1) is 37.3.